The zero-order valence-electron chi connectivity index (χ0n) is 14.5. The fourth-order valence-electron chi connectivity index (χ4n) is 1.67. The maximum Gasteiger partial charge on any atom is 0.305 e. The highest BCUT2D eigenvalue weighted by Crippen LogP contribution is 2.05. The minimum Gasteiger partial charge on any atom is -0.469 e. The first kappa shape index (κ1) is 25.9. The maximum absolute atomic E-state index is 10.6. The third-order valence-corrected chi connectivity index (χ3v) is 3.29. The van der Waals surface area contributed by atoms with E-state index in [1.54, 1.807) is 0 Å². The van der Waals surface area contributed by atoms with E-state index >= 15 is 0 Å². The first-order chi connectivity index (χ1) is 11.7. The van der Waals surface area contributed by atoms with E-state index in [0.29, 0.717) is 12.8 Å². The van der Waals surface area contributed by atoms with E-state index < -0.39 is 43.5 Å². The van der Waals surface area contributed by atoms with Gasteiger partial charge in [0.2, 0.25) is 5.91 Å². The number of esters is 1. The van der Waals surface area contributed by atoms with Crippen molar-refractivity contribution in [3.63, 3.8) is 0 Å². The van der Waals surface area contributed by atoms with Gasteiger partial charge < -0.3 is 41.1 Å². The van der Waals surface area contributed by atoms with Crippen molar-refractivity contribution in [1.82, 2.24) is 0 Å². The van der Waals surface area contributed by atoms with Gasteiger partial charge in [0, 0.05) is 12.8 Å². The van der Waals surface area contributed by atoms with Gasteiger partial charge in [-0.3, -0.25) is 9.59 Å². The number of aliphatic hydroxyl groups excluding tert-OH is 6. The monoisotopic (exact) mass is 369 g/mol. The molecular formula is C15H31NO9. The van der Waals surface area contributed by atoms with E-state index in [0.717, 1.165) is 0 Å². The third kappa shape index (κ3) is 15.9. The van der Waals surface area contributed by atoms with Crippen LogP contribution in [0.5, 0.6) is 0 Å². The van der Waals surface area contributed by atoms with E-state index in [4.69, 9.17) is 36.4 Å². The van der Waals surface area contributed by atoms with Crippen LogP contribution < -0.4 is 5.73 Å². The summed E-state index contributed by atoms with van der Waals surface area (Å²) >= 11 is 0. The number of carbonyl (C=O) groups excluding carboxylic acids is 2. The Labute approximate surface area is 146 Å². The normalized spacial score (nSPS) is 15.3. The molecular weight excluding hydrogens is 338 g/mol. The van der Waals surface area contributed by atoms with Crippen molar-refractivity contribution < 1.29 is 45.0 Å². The Morgan fingerprint density at radius 3 is 1.56 bits per heavy atom. The molecule has 0 saturated heterocycles. The van der Waals surface area contributed by atoms with Crippen molar-refractivity contribution in [1.29, 1.82) is 0 Å². The Bertz CT molecular complexity index is 354. The highest BCUT2D eigenvalue weighted by atomic mass is 16.5. The molecule has 0 radical (unpaired) electrons. The predicted molar refractivity (Wildman–Crippen MR) is 87.1 cm³/mol. The fraction of sp³-hybridized carbons (Fsp3) is 0.867. The second-order valence-electron chi connectivity index (χ2n) is 5.46. The van der Waals surface area contributed by atoms with Crippen molar-refractivity contribution in [3.05, 3.63) is 0 Å². The van der Waals surface area contributed by atoms with E-state index in [9.17, 15) is 9.59 Å². The average molecular weight is 369 g/mol. The molecule has 1 amide bonds. The van der Waals surface area contributed by atoms with E-state index in [1.807, 2.05) is 0 Å². The van der Waals surface area contributed by atoms with Crippen LogP contribution in [-0.2, 0) is 14.3 Å². The molecule has 0 heterocycles. The number of carbonyl (C=O) groups is 2. The lowest BCUT2D eigenvalue weighted by molar-refractivity contribution is -0.140. The minimum absolute atomic E-state index is 0.190. The van der Waals surface area contributed by atoms with Gasteiger partial charge in [-0.1, -0.05) is 0 Å². The first-order valence-corrected chi connectivity index (χ1v) is 7.98. The summed E-state index contributed by atoms with van der Waals surface area (Å²) in [6.45, 7) is -0.947. The number of aliphatic hydroxyl groups is 6. The lowest BCUT2D eigenvalue weighted by Crippen LogP contribution is -2.29. The van der Waals surface area contributed by atoms with Crippen LogP contribution in [0, 0.1) is 0 Å². The molecule has 10 nitrogen and oxygen atoms in total. The summed E-state index contributed by atoms with van der Waals surface area (Å²) in [4.78, 5) is 20.9. The summed E-state index contributed by atoms with van der Waals surface area (Å²) in [5.74, 6) is -0.772. The van der Waals surface area contributed by atoms with Crippen LogP contribution >= 0.6 is 0 Å². The van der Waals surface area contributed by atoms with Gasteiger partial charge in [0.1, 0.15) is 12.2 Å². The number of methoxy groups -OCH3 is 1. The van der Waals surface area contributed by atoms with Gasteiger partial charge in [-0.15, -0.1) is 0 Å². The Kier molecular flexibility index (Phi) is 16.8. The van der Waals surface area contributed by atoms with Gasteiger partial charge in [-0.05, 0) is 25.7 Å². The highest BCUT2D eigenvalue weighted by Gasteiger charge is 2.15. The molecule has 0 aromatic carbocycles. The summed E-state index contributed by atoms with van der Waals surface area (Å²) in [7, 11) is 1.29. The molecule has 10 heteroatoms. The van der Waals surface area contributed by atoms with Crippen LogP contribution in [0.15, 0.2) is 0 Å². The Balaban J connectivity index is 0. The van der Waals surface area contributed by atoms with Gasteiger partial charge in [-0.2, -0.15) is 0 Å². The number of nitrogens with two attached hydrogens (primary N) is 1. The van der Waals surface area contributed by atoms with E-state index in [-0.39, 0.29) is 31.7 Å². The average Bonchev–Trinajstić information content (AvgIpc) is 2.59. The zero-order valence-corrected chi connectivity index (χ0v) is 14.5. The summed E-state index contributed by atoms with van der Waals surface area (Å²) < 4.78 is 4.39. The number of hydrogen-bond acceptors (Lipinski definition) is 9. The second kappa shape index (κ2) is 16.2. The molecule has 150 valence electrons. The lowest BCUT2D eigenvalue weighted by Gasteiger charge is -2.14. The summed E-state index contributed by atoms with van der Waals surface area (Å²) in [6, 6.07) is 0. The SMILES string of the molecule is COC(=O)CCC[C@H](O)[C@H](O)CO.NC(=O)CCC[C@H](O)[C@H](O)CO. The lowest BCUT2D eigenvalue weighted by atomic mass is 10.1. The van der Waals surface area contributed by atoms with Gasteiger partial charge >= 0.3 is 5.97 Å². The summed E-state index contributed by atoms with van der Waals surface area (Å²) in [6.07, 6.45) is -2.40. The van der Waals surface area contributed by atoms with Crippen LogP contribution in [-0.4, -0.2) is 87.3 Å². The molecule has 0 aliphatic rings. The van der Waals surface area contributed by atoms with Gasteiger partial charge in [0.25, 0.3) is 0 Å². The third-order valence-electron chi connectivity index (χ3n) is 3.29. The Hall–Kier alpha value is -1.30. The standard InChI is InChI=1S/C8H16O5.C7H15NO4/c1-13-8(12)4-2-3-6(10)7(11)5-9;8-7(12)3-1-2-5(10)6(11)4-9/h6-7,9-11H,2-5H2,1H3;5-6,9-11H,1-4H2,(H2,8,12)/t6-,7+;5-,6+/m00/s1. The van der Waals surface area contributed by atoms with Crippen LogP contribution in [0.25, 0.3) is 0 Å². The molecule has 0 aromatic rings. The largest absolute Gasteiger partial charge is 0.469 e. The summed E-state index contributed by atoms with van der Waals surface area (Å²) in [5, 5.41) is 52.9. The van der Waals surface area contributed by atoms with Gasteiger partial charge in [0.15, 0.2) is 0 Å². The molecule has 0 fully saturated rings. The quantitative estimate of drug-likeness (QED) is 0.181. The first-order valence-electron chi connectivity index (χ1n) is 7.98. The molecule has 25 heavy (non-hydrogen) atoms. The molecule has 0 aromatic heterocycles. The Morgan fingerprint density at radius 2 is 1.24 bits per heavy atom. The topological polar surface area (TPSA) is 191 Å². The summed E-state index contributed by atoms with van der Waals surface area (Å²) in [5.41, 5.74) is 4.85. The molecule has 0 aliphatic heterocycles. The van der Waals surface area contributed by atoms with Crippen molar-refractivity contribution in [2.24, 2.45) is 5.73 Å². The van der Waals surface area contributed by atoms with Crippen molar-refractivity contribution in [2.45, 2.75) is 62.9 Å². The van der Waals surface area contributed by atoms with Gasteiger partial charge in [-0.25, -0.2) is 0 Å². The molecule has 8 N–H and O–H groups in total. The molecule has 0 saturated carbocycles. The van der Waals surface area contributed by atoms with E-state index in [2.05, 4.69) is 4.74 Å². The number of rotatable bonds is 12. The molecule has 0 aliphatic carbocycles. The van der Waals surface area contributed by atoms with Crippen molar-refractivity contribution in [2.75, 3.05) is 20.3 Å². The predicted octanol–water partition coefficient (Wildman–Crippen LogP) is -2.60. The molecule has 0 spiro atoms. The van der Waals surface area contributed by atoms with Crippen LogP contribution in [0.4, 0.5) is 0 Å². The zero-order chi connectivity index (χ0) is 19.8. The van der Waals surface area contributed by atoms with Crippen molar-refractivity contribution >= 4 is 11.9 Å². The van der Waals surface area contributed by atoms with E-state index in [1.165, 1.54) is 7.11 Å². The van der Waals surface area contributed by atoms with Crippen LogP contribution in [0.3, 0.4) is 0 Å². The molecule has 0 bridgehead atoms. The number of ether oxygens (including phenoxy) is 1. The molecule has 4 atom stereocenters. The van der Waals surface area contributed by atoms with Crippen molar-refractivity contribution in [3.8, 4) is 0 Å². The highest BCUT2D eigenvalue weighted by molar-refractivity contribution is 5.73. The minimum atomic E-state index is -1.13. The second-order valence-corrected chi connectivity index (χ2v) is 5.46. The Morgan fingerprint density at radius 1 is 0.840 bits per heavy atom. The van der Waals surface area contributed by atoms with Gasteiger partial charge in [0.05, 0.1) is 32.5 Å². The van der Waals surface area contributed by atoms with Crippen LogP contribution in [0.1, 0.15) is 38.5 Å². The molecule has 0 unspecified atom stereocenters. The fourth-order valence-corrected chi connectivity index (χ4v) is 1.67. The number of amides is 1. The molecule has 0 rings (SSSR count). The smallest absolute Gasteiger partial charge is 0.305 e. The van der Waals surface area contributed by atoms with Crippen LogP contribution in [0.2, 0.25) is 0 Å². The maximum atomic E-state index is 10.6. The number of primary amides is 1. The number of hydrogen-bond donors (Lipinski definition) is 7.